The molecule has 0 fully saturated rings. The Kier molecular flexibility index (Phi) is 5.11. The van der Waals surface area contributed by atoms with Gasteiger partial charge in [0.1, 0.15) is 0 Å². The second-order valence-electron chi connectivity index (χ2n) is 5.19. The number of ether oxygens (including phenoxy) is 3. The first-order chi connectivity index (χ1) is 11.0. The third-order valence-electron chi connectivity index (χ3n) is 3.57. The Morgan fingerprint density at radius 2 is 1.52 bits per heavy atom. The highest BCUT2D eigenvalue weighted by Gasteiger charge is 2.17. The normalized spacial score (nSPS) is 10.1. The summed E-state index contributed by atoms with van der Waals surface area (Å²) in [5.41, 5.74) is 3.29. The van der Waals surface area contributed by atoms with Gasteiger partial charge in [-0.3, -0.25) is 4.79 Å². The molecule has 0 unspecified atom stereocenters. The van der Waals surface area contributed by atoms with Crippen LogP contribution < -0.4 is 19.5 Å². The van der Waals surface area contributed by atoms with Crippen LogP contribution >= 0.6 is 0 Å². The SMILES string of the molecule is COc1cc(C(=O)Nc2cc(C)ccc2C)cc(OC)c1OC. The summed E-state index contributed by atoms with van der Waals surface area (Å²) in [7, 11) is 4.56. The molecule has 2 rings (SSSR count). The lowest BCUT2D eigenvalue weighted by Gasteiger charge is -2.14. The van der Waals surface area contributed by atoms with Gasteiger partial charge >= 0.3 is 0 Å². The molecular weight excluding hydrogens is 294 g/mol. The Morgan fingerprint density at radius 3 is 2.04 bits per heavy atom. The van der Waals surface area contributed by atoms with Crippen LogP contribution in [0.15, 0.2) is 30.3 Å². The average Bonchev–Trinajstić information content (AvgIpc) is 2.56. The fourth-order valence-corrected chi connectivity index (χ4v) is 2.28. The molecule has 122 valence electrons. The van der Waals surface area contributed by atoms with Crippen molar-refractivity contribution in [2.75, 3.05) is 26.6 Å². The number of methoxy groups -OCH3 is 3. The van der Waals surface area contributed by atoms with Crippen LogP contribution in [-0.4, -0.2) is 27.2 Å². The Hall–Kier alpha value is -2.69. The summed E-state index contributed by atoms with van der Waals surface area (Å²) in [6.07, 6.45) is 0. The molecule has 0 saturated heterocycles. The van der Waals surface area contributed by atoms with Gasteiger partial charge < -0.3 is 19.5 Å². The van der Waals surface area contributed by atoms with Crippen molar-refractivity contribution in [2.45, 2.75) is 13.8 Å². The summed E-state index contributed by atoms with van der Waals surface area (Å²) in [5.74, 6) is 1.10. The lowest BCUT2D eigenvalue weighted by Crippen LogP contribution is -2.13. The third-order valence-corrected chi connectivity index (χ3v) is 3.57. The van der Waals surface area contributed by atoms with Gasteiger partial charge in [0.05, 0.1) is 21.3 Å². The number of rotatable bonds is 5. The number of hydrogen-bond acceptors (Lipinski definition) is 4. The molecule has 0 spiro atoms. The molecule has 0 bridgehead atoms. The van der Waals surface area contributed by atoms with Gasteiger partial charge in [-0.2, -0.15) is 0 Å². The molecule has 0 atom stereocenters. The fourth-order valence-electron chi connectivity index (χ4n) is 2.28. The number of amides is 1. The standard InChI is InChI=1S/C18H21NO4/c1-11-6-7-12(2)14(8-11)19-18(20)13-9-15(21-3)17(23-5)16(10-13)22-4/h6-10H,1-5H3,(H,19,20). The maximum atomic E-state index is 12.6. The van der Waals surface area contributed by atoms with Crippen molar-refractivity contribution >= 4 is 11.6 Å². The Balaban J connectivity index is 2.37. The first kappa shape index (κ1) is 16.7. The predicted octanol–water partition coefficient (Wildman–Crippen LogP) is 3.58. The van der Waals surface area contributed by atoms with E-state index in [1.165, 1.54) is 21.3 Å². The summed E-state index contributed by atoms with van der Waals surface area (Å²) < 4.78 is 15.8. The summed E-state index contributed by atoms with van der Waals surface area (Å²) >= 11 is 0. The molecule has 0 aromatic heterocycles. The molecular formula is C18H21NO4. The summed E-state index contributed by atoms with van der Waals surface area (Å²) in [5, 5.41) is 2.92. The third kappa shape index (κ3) is 3.56. The highest BCUT2D eigenvalue weighted by atomic mass is 16.5. The van der Waals surface area contributed by atoms with E-state index in [0.717, 1.165) is 16.8 Å². The highest BCUT2D eigenvalue weighted by molar-refractivity contribution is 6.05. The summed E-state index contributed by atoms with van der Waals surface area (Å²) in [4.78, 5) is 12.6. The van der Waals surface area contributed by atoms with Gasteiger partial charge in [-0.25, -0.2) is 0 Å². The van der Waals surface area contributed by atoms with Crippen molar-refractivity contribution in [3.63, 3.8) is 0 Å². The molecule has 1 N–H and O–H groups in total. The van der Waals surface area contributed by atoms with Gasteiger partial charge in [0, 0.05) is 11.3 Å². The van der Waals surface area contributed by atoms with Crippen molar-refractivity contribution in [1.29, 1.82) is 0 Å². The predicted molar refractivity (Wildman–Crippen MR) is 90.0 cm³/mol. The number of aryl methyl sites for hydroxylation is 2. The Labute approximate surface area is 136 Å². The van der Waals surface area contributed by atoms with E-state index in [0.29, 0.717) is 22.8 Å². The van der Waals surface area contributed by atoms with Crippen LogP contribution in [-0.2, 0) is 0 Å². The van der Waals surface area contributed by atoms with Crippen LogP contribution in [0.2, 0.25) is 0 Å². The van der Waals surface area contributed by atoms with Crippen molar-refractivity contribution < 1.29 is 19.0 Å². The van der Waals surface area contributed by atoms with E-state index in [1.54, 1.807) is 12.1 Å². The van der Waals surface area contributed by atoms with Crippen LogP contribution in [0, 0.1) is 13.8 Å². The van der Waals surface area contributed by atoms with E-state index < -0.39 is 0 Å². The number of benzene rings is 2. The minimum absolute atomic E-state index is 0.238. The number of carbonyl (C=O) groups excluding carboxylic acids is 1. The summed E-state index contributed by atoms with van der Waals surface area (Å²) in [6.45, 7) is 3.93. The minimum atomic E-state index is -0.238. The second kappa shape index (κ2) is 7.05. The smallest absolute Gasteiger partial charge is 0.255 e. The van der Waals surface area contributed by atoms with Crippen molar-refractivity contribution in [2.24, 2.45) is 0 Å². The van der Waals surface area contributed by atoms with Crippen molar-refractivity contribution in [3.05, 3.63) is 47.0 Å². The van der Waals surface area contributed by atoms with Gasteiger partial charge in [-0.15, -0.1) is 0 Å². The molecule has 0 aliphatic carbocycles. The molecule has 0 radical (unpaired) electrons. The summed E-state index contributed by atoms with van der Waals surface area (Å²) in [6, 6.07) is 9.17. The van der Waals surface area contributed by atoms with E-state index in [1.807, 2.05) is 32.0 Å². The van der Waals surface area contributed by atoms with E-state index in [2.05, 4.69) is 5.32 Å². The molecule has 0 aliphatic heterocycles. The zero-order chi connectivity index (χ0) is 17.0. The zero-order valence-electron chi connectivity index (χ0n) is 14.0. The number of nitrogens with one attached hydrogen (secondary N) is 1. The van der Waals surface area contributed by atoms with Gasteiger partial charge in [-0.1, -0.05) is 12.1 Å². The lowest BCUT2D eigenvalue weighted by molar-refractivity contribution is 0.102. The Morgan fingerprint density at radius 1 is 0.913 bits per heavy atom. The van der Waals surface area contributed by atoms with Crippen molar-refractivity contribution in [1.82, 2.24) is 0 Å². The van der Waals surface area contributed by atoms with Gasteiger partial charge in [0.15, 0.2) is 11.5 Å². The molecule has 0 aliphatic rings. The lowest BCUT2D eigenvalue weighted by atomic mass is 10.1. The second-order valence-corrected chi connectivity index (χ2v) is 5.19. The monoisotopic (exact) mass is 315 g/mol. The molecule has 2 aromatic rings. The number of hydrogen-bond donors (Lipinski definition) is 1. The van der Waals surface area contributed by atoms with E-state index in [-0.39, 0.29) is 5.91 Å². The zero-order valence-corrected chi connectivity index (χ0v) is 14.0. The fraction of sp³-hybridized carbons (Fsp3) is 0.278. The van der Waals surface area contributed by atoms with Crippen molar-refractivity contribution in [3.8, 4) is 17.2 Å². The van der Waals surface area contributed by atoms with Crippen LogP contribution in [0.3, 0.4) is 0 Å². The number of anilines is 1. The molecule has 0 saturated carbocycles. The Bertz CT molecular complexity index is 700. The molecule has 5 nitrogen and oxygen atoms in total. The van der Waals surface area contributed by atoms with E-state index in [9.17, 15) is 4.79 Å². The van der Waals surface area contributed by atoms with Crippen LogP contribution in [0.5, 0.6) is 17.2 Å². The van der Waals surface area contributed by atoms with E-state index >= 15 is 0 Å². The average molecular weight is 315 g/mol. The maximum Gasteiger partial charge on any atom is 0.255 e. The van der Waals surface area contributed by atoms with Gasteiger partial charge in [0.25, 0.3) is 5.91 Å². The molecule has 23 heavy (non-hydrogen) atoms. The van der Waals surface area contributed by atoms with Gasteiger partial charge in [-0.05, 0) is 43.2 Å². The van der Waals surface area contributed by atoms with Crippen LogP contribution in [0.4, 0.5) is 5.69 Å². The topological polar surface area (TPSA) is 56.8 Å². The van der Waals surface area contributed by atoms with Crippen LogP contribution in [0.25, 0.3) is 0 Å². The largest absolute Gasteiger partial charge is 0.493 e. The quantitative estimate of drug-likeness (QED) is 0.916. The first-order valence-corrected chi connectivity index (χ1v) is 7.18. The molecule has 5 heteroatoms. The van der Waals surface area contributed by atoms with E-state index in [4.69, 9.17) is 14.2 Å². The van der Waals surface area contributed by atoms with Gasteiger partial charge in [0.2, 0.25) is 5.75 Å². The van der Waals surface area contributed by atoms with Crippen LogP contribution in [0.1, 0.15) is 21.5 Å². The first-order valence-electron chi connectivity index (χ1n) is 7.18. The molecule has 2 aromatic carbocycles. The molecule has 1 amide bonds. The highest BCUT2D eigenvalue weighted by Crippen LogP contribution is 2.38. The minimum Gasteiger partial charge on any atom is -0.493 e. The number of carbonyl (C=O) groups is 1. The maximum absolute atomic E-state index is 12.6. The molecule has 0 heterocycles.